The van der Waals surface area contributed by atoms with Gasteiger partial charge in [-0.05, 0) is 25.5 Å². The van der Waals surface area contributed by atoms with Gasteiger partial charge in [-0.25, -0.2) is 4.98 Å². The summed E-state index contributed by atoms with van der Waals surface area (Å²) < 4.78 is 1.46. The van der Waals surface area contributed by atoms with Crippen LogP contribution in [0, 0.1) is 24.0 Å². The SMILES string of the molecule is Cc1cc(=O)n(Cc2ccc(Cl)c([N+](=O)[O-])c2)c(C)n1. The Hall–Kier alpha value is -2.21. The van der Waals surface area contributed by atoms with E-state index in [4.69, 9.17) is 11.6 Å². The van der Waals surface area contributed by atoms with Crippen molar-refractivity contribution in [3.63, 3.8) is 0 Å². The fourth-order valence-corrected chi connectivity index (χ4v) is 2.12. The molecule has 2 aromatic rings. The second-order valence-corrected chi connectivity index (χ2v) is 4.82. The normalized spacial score (nSPS) is 10.6. The summed E-state index contributed by atoms with van der Waals surface area (Å²) in [5.41, 5.74) is 0.908. The average molecular weight is 294 g/mol. The van der Waals surface area contributed by atoms with Crippen molar-refractivity contribution in [3.05, 3.63) is 66.8 Å². The molecule has 20 heavy (non-hydrogen) atoms. The second kappa shape index (κ2) is 5.42. The first-order chi connectivity index (χ1) is 9.38. The quantitative estimate of drug-likeness (QED) is 0.643. The Morgan fingerprint density at radius 2 is 2.05 bits per heavy atom. The molecule has 1 aromatic carbocycles. The van der Waals surface area contributed by atoms with Gasteiger partial charge in [-0.15, -0.1) is 0 Å². The molecular formula is C13H12ClN3O3. The van der Waals surface area contributed by atoms with Crippen LogP contribution in [0.3, 0.4) is 0 Å². The van der Waals surface area contributed by atoms with Crippen LogP contribution in [0.1, 0.15) is 17.1 Å². The smallest absolute Gasteiger partial charge is 0.288 e. The van der Waals surface area contributed by atoms with Gasteiger partial charge in [0.25, 0.3) is 11.2 Å². The van der Waals surface area contributed by atoms with Crippen molar-refractivity contribution in [3.8, 4) is 0 Å². The number of benzene rings is 1. The highest BCUT2D eigenvalue weighted by Gasteiger charge is 2.13. The second-order valence-electron chi connectivity index (χ2n) is 4.41. The summed E-state index contributed by atoms with van der Waals surface area (Å²) in [6.45, 7) is 3.68. The predicted octanol–water partition coefficient (Wildman–Crippen LogP) is 2.47. The number of rotatable bonds is 3. The number of aromatic nitrogens is 2. The van der Waals surface area contributed by atoms with Gasteiger partial charge in [0.05, 0.1) is 11.5 Å². The highest BCUT2D eigenvalue weighted by molar-refractivity contribution is 6.32. The number of nitro benzene ring substituents is 1. The van der Waals surface area contributed by atoms with E-state index >= 15 is 0 Å². The van der Waals surface area contributed by atoms with Gasteiger partial charge in [-0.3, -0.25) is 19.5 Å². The molecule has 0 spiro atoms. The zero-order valence-electron chi connectivity index (χ0n) is 11.0. The molecule has 0 amide bonds. The molecule has 0 aliphatic rings. The van der Waals surface area contributed by atoms with Gasteiger partial charge in [-0.1, -0.05) is 17.7 Å². The summed E-state index contributed by atoms with van der Waals surface area (Å²) in [5, 5.41) is 10.9. The van der Waals surface area contributed by atoms with E-state index in [0.29, 0.717) is 17.1 Å². The molecule has 0 radical (unpaired) electrons. The number of hydrogen-bond donors (Lipinski definition) is 0. The maximum absolute atomic E-state index is 11.9. The molecule has 0 saturated carbocycles. The predicted molar refractivity (Wildman–Crippen MR) is 75.2 cm³/mol. The summed E-state index contributed by atoms with van der Waals surface area (Å²) in [7, 11) is 0. The third-order valence-corrected chi connectivity index (χ3v) is 3.19. The first-order valence-electron chi connectivity index (χ1n) is 5.86. The molecule has 0 saturated heterocycles. The number of halogens is 1. The van der Waals surface area contributed by atoms with E-state index in [9.17, 15) is 14.9 Å². The van der Waals surface area contributed by atoms with Crippen LogP contribution >= 0.6 is 11.6 Å². The largest absolute Gasteiger partial charge is 0.292 e. The Morgan fingerprint density at radius 3 is 2.65 bits per heavy atom. The van der Waals surface area contributed by atoms with Crippen molar-refractivity contribution in [2.75, 3.05) is 0 Å². The van der Waals surface area contributed by atoms with E-state index in [0.717, 1.165) is 0 Å². The molecular weight excluding hydrogens is 282 g/mol. The molecule has 0 aliphatic carbocycles. The van der Waals surface area contributed by atoms with Crippen LogP contribution in [0.2, 0.25) is 5.02 Å². The molecule has 1 aromatic heterocycles. The van der Waals surface area contributed by atoms with Gasteiger partial charge >= 0.3 is 0 Å². The lowest BCUT2D eigenvalue weighted by molar-refractivity contribution is -0.384. The van der Waals surface area contributed by atoms with Crippen molar-refractivity contribution < 1.29 is 4.92 Å². The van der Waals surface area contributed by atoms with E-state index in [-0.39, 0.29) is 22.8 Å². The summed E-state index contributed by atoms with van der Waals surface area (Å²) in [6.07, 6.45) is 0. The summed E-state index contributed by atoms with van der Waals surface area (Å²) in [4.78, 5) is 26.4. The van der Waals surface area contributed by atoms with Gasteiger partial charge in [0.2, 0.25) is 0 Å². The minimum Gasteiger partial charge on any atom is -0.292 e. The highest BCUT2D eigenvalue weighted by atomic mass is 35.5. The van der Waals surface area contributed by atoms with E-state index in [1.807, 2.05) is 0 Å². The molecule has 1 heterocycles. The third-order valence-electron chi connectivity index (χ3n) is 2.88. The van der Waals surface area contributed by atoms with Crippen LogP contribution in [0.25, 0.3) is 0 Å². The molecule has 0 bridgehead atoms. The van der Waals surface area contributed by atoms with Crippen molar-refractivity contribution >= 4 is 17.3 Å². The molecule has 7 heteroatoms. The minimum absolute atomic E-state index is 0.0739. The van der Waals surface area contributed by atoms with E-state index < -0.39 is 4.92 Å². The lowest BCUT2D eigenvalue weighted by atomic mass is 10.2. The Bertz CT molecular complexity index is 740. The summed E-state index contributed by atoms with van der Waals surface area (Å²) in [6, 6.07) is 5.91. The fourth-order valence-electron chi connectivity index (χ4n) is 1.94. The molecule has 0 unspecified atom stereocenters. The van der Waals surface area contributed by atoms with Crippen LogP contribution in [0.5, 0.6) is 0 Å². The molecule has 0 N–H and O–H groups in total. The molecule has 2 rings (SSSR count). The van der Waals surface area contributed by atoms with Crippen molar-refractivity contribution in [2.24, 2.45) is 0 Å². The molecule has 0 atom stereocenters. The van der Waals surface area contributed by atoms with Gasteiger partial charge in [0.15, 0.2) is 0 Å². The fraction of sp³-hybridized carbons (Fsp3) is 0.231. The first kappa shape index (κ1) is 14.2. The molecule has 0 aliphatic heterocycles. The van der Waals surface area contributed by atoms with Crippen LogP contribution < -0.4 is 5.56 Å². The molecule has 0 fully saturated rings. The van der Waals surface area contributed by atoms with Gasteiger partial charge < -0.3 is 0 Å². The van der Waals surface area contributed by atoms with Gasteiger partial charge in [-0.2, -0.15) is 0 Å². The maximum atomic E-state index is 11.9. The Labute approximate surface area is 119 Å². The molecule has 104 valence electrons. The first-order valence-corrected chi connectivity index (χ1v) is 6.24. The Balaban J connectivity index is 2.43. The van der Waals surface area contributed by atoms with E-state index in [1.54, 1.807) is 19.9 Å². The number of nitro groups is 1. The third kappa shape index (κ3) is 2.85. The van der Waals surface area contributed by atoms with Crippen LogP contribution in [-0.4, -0.2) is 14.5 Å². The van der Waals surface area contributed by atoms with Crippen LogP contribution in [0.4, 0.5) is 5.69 Å². The lowest BCUT2D eigenvalue weighted by Gasteiger charge is -2.09. The zero-order chi connectivity index (χ0) is 14.9. The minimum atomic E-state index is -0.547. The number of aryl methyl sites for hydroxylation is 2. The summed E-state index contributed by atoms with van der Waals surface area (Å²) >= 11 is 5.75. The lowest BCUT2D eigenvalue weighted by Crippen LogP contribution is -2.24. The Kier molecular flexibility index (Phi) is 3.85. The highest BCUT2D eigenvalue weighted by Crippen LogP contribution is 2.25. The maximum Gasteiger partial charge on any atom is 0.288 e. The molecule has 6 nitrogen and oxygen atoms in total. The Morgan fingerprint density at radius 1 is 1.35 bits per heavy atom. The standard InChI is InChI=1S/C13H12ClN3O3/c1-8-5-13(18)16(9(2)15-8)7-10-3-4-11(14)12(6-10)17(19)20/h3-6H,7H2,1-2H3. The van der Waals surface area contributed by atoms with Crippen LogP contribution in [-0.2, 0) is 6.54 Å². The van der Waals surface area contributed by atoms with Crippen LogP contribution in [0.15, 0.2) is 29.1 Å². The zero-order valence-corrected chi connectivity index (χ0v) is 11.7. The number of nitrogens with zero attached hydrogens (tertiary/aromatic N) is 3. The van der Waals surface area contributed by atoms with Crippen molar-refractivity contribution in [2.45, 2.75) is 20.4 Å². The number of hydrogen-bond acceptors (Lipinski definition) is 4. The van der Waals surface area contributed by atoms with Gasteiger partial charge in [0.1, 0.15) is 10.8 Å². The van der Waals surface area contributed by atoms with E-state index in [1.165, 1.54) is 22.8 Å². The monoisotopic (exact) mass is 293 g/mol. The summed E-state index contributed by atoms with van der Waals surface area (Å²) in [5.74, 6) is 0.563. The average Bonchev–Trinajstić information content (AvgIpc) is 2.35. The van der Waals surface area contributed by atoms with Gasteiger partial charge in [0, 0.05) is 17.8 Å². The van der Waals surface area contributed by atoms with Crippen molar-refractivity contribution in [1.82, 2.24) is 9.55 Å². The van der Waals surface area contributed by atoms with Crippen molar-refractivity contribution in [1.29, 1.82) is 0 Å². The van der Waals surface area contributed by atoms with E-state index in [2.05, 4.69) is 4.98 Å². The topological polar surface area (TPSA) is 78.0 Å².